The standard InChI is InChI=1S/C21H29N3O4S/c1-17-14-19(7-8-20(17)28-13-12-27-2)29(25,26)23-16-18-6-9-21(22-15-18)24-10-4-3-5-11-24/h6-9,14-15,23H,3-5,10-13,16H2,1-2H3. The SMILES string of the molecule is COCCOc1ccc(S(=O)(=O)NCc2ccc(N3CCCCC3)nc2)cc1C. The van der Waals surface area contributed by atoms with Crippen LogP contribution in [-0.2, 0) is 21.3 Å². The quantitative estimate of drug-likeness (QED) is 0.630. The fourth-order valence-electron chi connectivity index (χ4n) is 3.28. The molecular formula is C21H29N3O4S. The number of nitrogens with one attached hydrogen (secondary N) is 1. The Morgan fingerprint density at radius 1 is 1.10 bits per heavy atom. The largest absolute Gasteiger partial charge is 0.491 e. The minimum Gasteiger partial charge on any atom is -0.491 e. The zero-order chi connectivity index (χ0) is 20.7. The number of hydrogen-bond acceptors (Lipinski definition) is 6. The van der Waals surface area contributed by atoms with Crippen molar-refractivity contribution in [3.8, 4) is 5.75 Å². The maximum Gasteiger partial charge on any atom is 0.240 e. The summed E-state index contributed by atoms with van der Waals surface area (Å²) in [6.07, 6.45) is 5.40. The highest BCUT2D eigenvalue weighted by molar-refractivity contribution is 7.89. The van der Waals surface area contributed by atoms with E-state index in [2.05, 4.69) is 14.6 Å². The van der Waals surface area contributed by atoms with Gasteiger partial charge in [0.15, 0.2) is 0 Å². The molecule has 0 saturated carbocycles. The number of benzene rings is 1. The van der Waals surface area contributed by atoms with Gasteiger partial charge in [0.25, 0.3) is 0 Å². The topological polar surface area (TPSA) is 80.8 Å². The number of hydrogen-bond donors (Lipinski definition) is 1. The van der Waals surface area contributed by atoms with Gasteiger partial charge in [-0.3, -0.25) is 0 Å². The van der Waals surface area contributed by atoms with E-state index < -0.39 is 10.0 Å². The van der Waals surface area contributed by atoms with Gasteiger partial charge in [0, 0.05) is 32.9 Å². The number of nitrogens with zero attached hydrogens (tertiary/aromatic N) is 2. The second kappa shape index (κ2) is 10.0. The molecule has 1 aromatic heterocycles. The van der Waals surface area contributed by atoms with Crippen LogP contribution in [0.2, 0.25) is 0 Å². The van der Waals surface area contributed by atoms with Crippen molar-refractivity contribution in [1.82, 2.24) is 9.71 Å². The maximum absolute atomic E-state index is 12.6. The number of methoxy groups -OCH3 is 1. The van der Waals surface area contributed by atoms with Crippen LogP contribution < -0.4 is 14.4 Å². The van der Waals surface area contributed by atoms with Gasteiger partial charge < -0.3 is 14.4 Å². The van der Waals surface area contributed by atoms with Crippen LogP contribution >= 0.6 is 0 Å². The van der Waals surface area contributed by atoms with E-state index in [0.29, 0.717) is 19.0 Å². The molecule has 158 valence electrons. The number of ether oxygens (including phenoxy) is 2. The summed E-state index contributed by atoms with van der Waals surface area (Å²) in [5, 5.41) is 0. The van der Waals surface area contributed by atoms with Crippen LogP contribution in [0.15, 0.2) is 41.4 Å². The van der Waals surface area contributed by atoms with Crippen molar-refractivity contribution in [1.29, 1.82) is 0 Å². The third kappa shape index (κ3) is 5.91. The highest BCUT2D eigenvalue weighted by Crippen LogP contribution is 2.22. The van der Waals surface area contributed by atoms with Gasteiger partial charge in [-0.25, -0.2) is 18.1 Å². The number of pyridine rings is 1. The number of aromatic nitrogens is 1. The Hall–Kier alpha value is -2.16. The Labute approximate surface area is 173 Å². The van der Waals surface area contributed by atoms with E-state index in [0.717, 1.165) is 30.0 Å². The smallest absolute Gasteiger partial charge is 0.240 e. The van der Waals surface area contributed by atoms with E-state index in [1.54, 1.807) is 31.5 Å². The lowest BCUT2D eigenvalue weighted by Crippen LogP contribution is -2.30. The summed E-state index contributed by atoms with van der Waals surface area (Å²) in [6.45, 7) is 4.98. The van der Waals surface area contributed by atoms with Crippen molar-refractivity contribution in [2.45, 2.75) is 37.6 Å². The normalized spacial score (nSPS) is 14.8. The van der Waals surface area contributed by atoms with E-state index in [1.807, 2.05) is 19.1 Å². The lowest BCUT2D eigenvalue weighted by Gasteiger charge is -2.27. The molecule has 0 radical (unpaired) electrons. The number of sulfonamides is 1. The zero-order valence-electron chi connectivity index (χ0n) is 17.1. The van der Waals surface area contributed by atoms with Crippen LogP contribution in [0.4, 0.5) is 5.82 Å². The van der Waals surface area contributed by atoms with Crippen LogP contribution in [0.25, 0.3) is 0 Å². The van der Waals surface area contributed by atoms with Crippen molar-refractivity contribution in [2.75, 3.05) is 38.3 Å². The molecule has 0 spiro atoms. The Kier molecular flexibility index (Phi) is 7.46. The summed E-state index contributed by atoms with van der Waals surface area (Å²) in [5.74, 6) is 1.61. The van der Waals surface area contributed by atoms with Crippen LogP contribution in [-0.4, -0.2) is 46.8 Å². The molecule has 1 aromatic carbocycles. The summed E-state index contributed by atoms with van der Waals surface area (Å²) in [5.41, 5.74) is 1.59. The molecule has 0 aliphatic carbocycles. The van der Waals surface area contributed by atoms with Gasteiger partial charge in [-0.05, 0) is 61.6 Å². The Morgan fingerprint density at radius 2 is 1.90 bits per heavy atom. The van der Waals surface area contributed by atoms with E-state index >= 15 is 0 Å². The van der Waals surface area contributed by atoms with E-state index in [9.17, 15) is 8.42 Å². The second-order valence-electron chi connectivity index (χ2n) is 7.17. The third-order valence-corrected chi connectivity index (χ3v) is 6.36. The molecule has 1 aliphatic heterocycles. The first kappa shape index (κ1) is 21.5. The predicted octanol–water partition coefficient (Wildman–Crippen LogP) is 2.88. The number of aryl methyl sites for hydroxylation is 1. The maximum atomic E-state index is 12.6. The monoisotopic (exact) mass is 419 g/mol. The Bertz CT molecular complexity index is 895. The number of piperidine rings is 1. The molecule has 29 heavy (non-hydrogen) atoms. The summed E-state index contributed by atoms with van der Waals surface area (Å²) >= 11 is 0. The molecule has 3 rings (SSSR count). The summed E-state index contributed by atoms with van der Waals surface area (Å²) in [6, 6.07) is 8.73. The summed E-state index contributed by atoms with van der Waals surface area (Å²) in [4.78, 5) is 6.99. The Morgan fingerprint density at radius 3 is 2.55 bits per heavy atom. The molecule has 1 saturated heterocycles. The molecule has 2 aromatic rings. The van der Waals surface area contributed by atoms with Crippen LogP contribution in [0.1, 0.15) is 30.4 Å². The van der Waals surface area contributed by atoms with Crippen molar-refractivity contribution < 1.29 is 17.9 Å². The molecule has 2 heterocycles. The molecule has 0 amide bonds. The van der Waals surface area contributed by atoms with Gasteiger partial charge in [0.05, 0.1) is 11.5 Å². The van der Waals surface area contributed by atoms with Crippen LogP contribution in [0, 0.1) is 6.92 Å². The third-order valence-electron chi connectivity index (χ3n) is 4.96. The van der Waals surface area contributed by atoms with Crippen LogP contribution in [0.3, 0.4) is 0 Å². The van der Waals surface area contributed by atoms with Gasteiger partial charge in [-0.15, -0.1) is 0 Å². The first-order valence-corrected chi connectivity index (χ1v) is 11.4. The van der Waals surface area contributed by atoms with Gasteiger partial charge in [-0.1, -0.05) is 6.07 Å². The summed E-state index contributed by atoms with van der Waals surface area (Å²) in [7, 11) is -2.02. The molecule has 7 nitrogen and oxygen atoms in total. The average molecular weight is 420 g/mol. The molecule has 0 unspecified atom stereocenters. The first-order valence-electron chi connectivity index (χ1n) is 9.91. The second-order valence-corrected chi connectivity index (χ2v) is 8.93. The highest BCUT2D eigenvalue weighted by Gasteiger charge is 2.16. The van der Waals surface area contributed by atoms with E-state index in [1.165, 1.54) is 19.3 Å². The van der Waals surface area contributed by atoms with Crippen LogP contribution in [0.5, 0.6) is 5.75 Å². The minimum atomic E-state index is -3.62. The Balaban J connectivity index is 1.60. The van der Waals surface area contributed by atoms with Gasteiger partial charge in [0.2, 0.25) is 10.0 Å². The van der Waals surface area contributed by atoms with Gasteiger partial charge >= 0.3 is 0 Å². The van der Waals surface area contributed by atoms with Gasteiger partial charge in [-0.2, -0.15) is 0 Å². The zero-order valence-corrected chi connectivity index (χ0v) is 17.9. The number of rotatable bonds is 9. The van der Waals surface area contributed by atoms with Crippen molar-refractivity contribution in [2.24, 2.45) is 0 Å². The van der Waals surface area contributed by atoms with Gasteiger partial charge in [0.1, 0.15) is 18.2 Å². The molecule has 8 heteroatoms. The average Bonchev–Trinajstić information content (AvgIpc) is 2.74. The fraction of sp³-hybridized carbons (Fsp3) is 0.476. The lowest BCUT2D eigenvalue weighted by atomic mass is 10.1. The highest BCUT2D eigenvalue weighted by atomic mass is 32.2. The van der Waals surface area contributed by atoms with E-state index in [4.69, 9.17) is 9.47 Å². The summed E-state index contributed by atoms with van der Waals surface area (Å²) < 4.78 is 38.5. The fourth-order valence-corrected chi connectivity index (χ4v) is 4.38. The molecule has 0 bridgehead atoms. The van der Waals surface area contributed by atoms with Crippen molar-refractivity contribution in [3.05, 3.63) is 47.7 Å². The lowest BCUT2D eigenvalue weighted by molar-refractivity contribution is 0.146. The predicted molar refractivity (Wildman–Crippen MR) is 113 cm³/mol. The van der Waals surface area contributed by atoms with Crippen molar-refractivity contribution >= 4 is 15.8 Å². The first-order chi connectivity index (χ1) is 14.0. The minimum absolute atomic E-state index is 0.195. The number of anilines is 1. The molecular weight excluding hydrogens is 390 g/mol. The molecule has 1 aliphatic rings. The van der Waals surface area contributed by atoms with Crippen molar-refractivity contribution in [3.63, 3.8) is 0 Å². The molecule has 1 fully saturated rings. The molecule has 0 atom stereocenters. The molecule has 1 N–H and O–H groups in total. The van der Waals surface area contributed by atoms with E-state index in [-0.39, 0.29) is 11.4 Å².